The first-order valence-corrected chi connectivity index (χ1v) is 4.45. The molecule has 0 aliphatic heterocycles. The number of ketones is 1. The van der Waals surface area contributed by atoms with Gasteiger partial charge >= 0.3 is 0 Å². The van der Waals surface area contributed by atoms with Crippen molar-refractivity contribution in [1.82, 2.24) is 10.2 Å². The first-order valence-electron chi connectivity index (χ1n) is 4.45. The molecule has 0 bridgehead atoms. The first kappa shape index (κ1) is 10.4. The second kappa shape index (κ2) is 4.14. The SMILES string of the molecule is O=C(c1ccnnc1)c1cc(F)ccc1F. The van der Waals surface area contributed by atoms with Gasteiger partial charge in [-0.1, -0.05) is 0 Å². The second-order valence-electron chi connectivity index (χ2n) is 3.08. The van der Waals surface area contributed by atoms with E-state index in [1.54, 1.807) is 0 Å². The van der Waals surface area contributed by atoms with Crippen LogP contribution in [0.5, 0.6) is 0 Å². The van der Waals surface area contributed by atoms with E-state index in [9.17, 15) is 13.6 Å². The third kappa shape index (κ3) is 1.93. The summed E-state index contributed by atoms with van der Waals surface area (Å²) in [7, 11) is 0. The van der Waals surface area contributed by atoms with E-state index >= 15 is 0 Å². The van der Waals surface area contributed by atoms with Crippen LogP contribution in [-0.2, 0) is 0 Å². The zero-order valence-electron chi connectivity index (χ0n) is 8.02. The summed E-state index contributed by atoms with van der Waals surface area (Å²) in [5, 5.41) is 6.99. The molecule has 1 heterocycles. The van der Waals surface area contributed by atoms with Gasteiger partial charge in [0.15, 0.2) is 5.78 Å². The quantitative estimate of drug-likeness (QED) is 0.727. The average Bonchev–Trinajstić information content (AvgIpc) is 2.32. The van der Waals surface area contributed by atoms with Gasteiger partial charge in [-0.2, -0.15) is 10.2 Å². The van der Waals surface area contributed by atoms with Gasteiger partial charge in [0, 0.05) is 5.56 Å². The minimum Gasteiger partial charge on any atom is -0.288 e. The van der Waals surface area contributed by atoms with Crippen LogP contribution < -0.4 is 0 Å². The van der Waals surface area contributed by atoms with Gasteiger partial charge in [0.1, 0.15) is 11.6 Å². The lowest BCUT2D eigenvalue weighted by Crippen LogP contribution is -2.05. The molecule has 2 rings (SSSR count). The Kier molecular flexibility index (Phi) is 2.68. The third-order valence-electron chi connectivity index (χ3n) is 2.02. The van der Waals surface area contributed by atoms with Crippen LogP contribution in [-0.4, -0.2) is 16.0 Å². The fourth-order valence-corrected chi connectivity index (χ4v) is 1.25. The van der Waals surface area contributed by atoms with E-state index in [-0.39, 0.29) is 11.1 Å². The second-order valence-corrected chi connectivity index (χ2v) is 3.08. The van der Waals surface area contributed by atoms with Gasteiger partial charge in [-0.15, -0.1) is 0 Å². The minimum atomic E-state index is -0.761. The van der Waals surface area contributed by atoms with Crippen LogP contribution >= 0.6 is 0 Å². The maximum atomic E-state index is 13.3. The standard InChI is InChI=1S/C11H6F2N2O/c12-8-1-2-10(13)9(5-8)11(16)7-3-4-14-15-6-7/h1-6H. The molecule has 0 aliphatic carbocycles. The largest absolute Gasteiger partial charge is 0.288 e. The monoisotopic (exact) mass is 220 g/mol. The summed E-state index contributed by atoms with van der Waals surface area (Å²) >= 11 is 0. The third-order valence-corrected chi connectivity index (χ3v) is 2.02. The number of carbonyl (C=O) groups excluding carboxylic acids is 1. The maximum Gasteiger partial charge on any atom is 0.197 e. The lowest BCUT2D eigenvalue weighted by Gasteiger charge is -2.01. The van der Waals surface area contributed by atoms with Gasteiger partial charge in [-0.3, -0.25) is 4.79 Å². The number of halogens is 2. The summed E-state index contributed by atoms with van der Waals surface area (Å²) in [5.74, 6) is -2.04. The number of hydrogen-bond donors (Lipinski definition) is 0. The van der Waals surface area contributed by atoms with Crippen molar-refractivity contribution in [3.8, 4) is 0 Å². The van der Waals surface area contributed by atoms with E-state index < -0.39 is 17.4 Å². The zero-order valence-corrected chi connectivity index (χ0v) is 8.02. The molecule has 0 saturated carbocycles. The molecule has 0 fully saturated rings. The molecule has 0 aliphatic rings. The maximum absolute atomic E-state index is 13.3. The van der Waals surface area contributed by atoms with Gasteiger partial charge in [0.05, 0.1) is 18.0 Å². The van der Waals surface area contributed by atoms with Gasteiger partial charge < -0.3 is 0 Å². The molecule has 0 amide bonds. The Labute approximate surface area is 89.8 Å². The summed E-state index contributed by atoms with van der Waals surface area (Å²) in [6, 6.07) is 4.12. The number of aromatic nitrogens is 2. The fraction of sp³-hybridized carbons (Fsp3) is 0. The van der Waals surface area contributed by atoms with Crippen molar-refractivity contribution in [2.24, 2.45) is 0 Å². The van der Waals surface area contributed by atoms with Crippen LogP contribution in [0.25, 0.3) is 0 Å². The molecule has 2 aromatic rings. The van der Waals surface area contributed by atoms with Crippen molar-refractivity contribution in [2.45, 2.75) is 0 Å². The summed E-state index contributed by atoms with van der Waals surface area (Å²) in [6.07, 6.45) is 2.51. The normalized spacial score (nSPS) is 10.1. The van der Waals surface area contributed by atoms with Gasteiger partial charge in [0.2, 0.25) is 0 Å². The fourth-order valence-electron chi connectivity index (χ4n) is 1.25. The Morgan fingerprint density at radius 2 is 1.94 bits per heavy atom. The lowest BCUT2D eigenvalue weighted by molar-refractivity contribution is 0.103. The highest BCUT2D eigenvalue weighted by molar-refractivity contribution is 6.08. The molecule has 16 heavy (non-hydrogen) atoms. The minimum absolute atomic E-state index is 0.166. The molecular formula is C11H6F2N2O. The molecule has 1 aromatic heterocycles. The van der Waals surface area contributed by atoms with E-state index in [2.05, 4.69) is 10.2 Å². The van der Waals surface area contributed by atoms with Crippen molar-refractivity contribution < 1.29 is 13.6 Å². The Morgan fingerprint density at radius 1 is 1.12 bits per heavy atom. The Balaban J connectivity index is 2.46. The highest BCUT2D eigenvalue weighted by atomic mass is 19.1. The molecule has 0 N–H and O–H groups in total. The summed E-state index contributed by atoms with van der Waals surface area (Å²) in [6.45, 7) is 0. The highest BCUT2D eigenvalue weighted by Gasteiger charge is 2.14. The predicted molar refractivity (Wildman–Crippen MR) is 51.8 cm³/mol. The van der Waals surface area contributed by atoms with Crippen LogP contribution in [0.1, 0.15) is 15.9 Å². The van der Waals surface area contributed by atoms with Gasteiger partial charge in [0.25, 0.3) is 0 Å². The van der Waals surface area contributed by atoms with E-state index in [0.29, 0.717) is 0 Å². The first-order chi connectivity index (χ1) is 7.68. The molecule has 3 nitrogen and oxygen atoms in total. The summed E-state index contributed by atoms with van der Waals surface area (Å²) in [4.78, 5) is 11.7. The molecule has 0 spiro atoms. The average molecular weight is 220 g/mol. The number of hydrogen-bond acceptors (Lipinski definition) is 3. The number of nitrogens with zero attached hydrogens (tertiary/aromatic N) is 2. The van der Waals surface area contributed by atoms with Gasteiger partial charge in [-0.25, -0.2) is 8.78 Å². The number of benzene rings is 1. The van der Waals surface area contributed by atoms with E-state index in [4.69, 9.17) is 0 Å². The molecule has 80 valence electrons. The Hall–Kier alpha value is -2.17. The van der Waals surface area contributed by atoms with Gasteiger partial charge in [-0.05, 0) is 24.3 Å². The summed E-state index contributed by atoms with van der Waals surface area (Å²) in [5.41, 5.74) is -0.146. The molecule has 0 atom stereocenters. The predicted octanol–water partition coefficient (Wildman–Crippen LogP) is 1.99. The number of carbonyl (C=O) groups is 1. The molecule has 0 saturated heterocycles. The Bertz CT molecular complexity index is 529. The van der Waals surface area contributed by atoms with E-state index in [0.717, 1.165) is 18.2 Å². The zero-order chi connectivity index (χ0) is 11.5. The summed E-state index contributed by atoms with van der Waals surface area (Å²) < 4.78 is 26.2. The van der Waals surface area contributed by atoms with Crippen molar-refractivity contribution in [1.29, 1.82) is 0 Å². The van der Waals surface area contributed by atoms with Crippen molar-refractivity contribution in [3.05, 3.63) is 59.4 Å². The lowest BCUT2D eigenvalue weighted by atomic mass is 10.0. The number of rotatable bonds is 2. The van der Waals surface area contributed by atoms with Crippen molar-refractivity contribution in [2.75, 3.05) is 0 Å². The molecule has 5 heteroatoms. The van der Waals surface area contributed by atoms with Crippen LogP contribution in [0.2, 0.25) is 0 Å². The van der Waals surface area contributed by atoms with E-state index in [1.807, 2.05) is 0 Å². The highest BCUT2D eigenvalue weighted by Crippen LogP contribution is 2.14. The van der Waals surface area contributed by atoms with Crippen LogP contribution in [0.4, 0.5) is 8.78 Å². The van der Waals surface area contributed by atoms with Crippen molar-refractivity contribution >= 4 is 5.78 Å². The smallest absolute Gasteiger partial charge is 0.197 e. The molecule has 1 aromatic carbocycles. The van der Waals surface area contributed by atoms with Crippen LogP contribution in [0, 0.1) is 11.6 Å². The molecular weight excluding hydrogens is 214 g/mol. The topological polar surface area (TPSA) is 42.9 Å². The van der Waals surface area contributed by atoms with E-state index in [1.165, 1.54) is 18.5 Å². The van der Waals surface area contributed by atoms with Crippen molar-refractivity contribution in [3.63, 3.8) is 0 Å². The molecule has 0 radical (unpaired) electrons. The van der Waals surface area contributed by atoms with Crippen LogP contribution in [0.15, 0.2) is 36.7 Å². The van der Waals surface area contributed by atoms with Crippen LogP contribution in [0.3, 0.4) is 0 Å². The molecule has 0 unspecified atom stereocenters. The Morgan fingerprint density at radius 3 is 2.62 bits per heavy atom.